The van der Waals surface area contributed by atoms with Crippen molar-refractivity contribution in [2.45, 2.75) is 32.6 Å². The lowest BCUT2D eigenvalue weighted by molar-refractivity contribution is -0.386. The van der Waals surface area contributed by atoms with Crippen LogP contribution in [0, 0.1) is 10.1 Å². The van der Waals surface area contributed by atoms with Crippen LogP contribution in [0.25, 0.3) is 0 Å². The molecule has 0 aliphatic heterocycles. The fourth-order valence-corrected chi connectivity index (χ4v) is 1.94. The number of hydrogen-bond acceptors (Lipinski definition) is 8. The molecule has 0 radical (unpaired) electrons. The highest BCUT2D eigenvalue weighted by Gasteiger charge is 2.25. The van der Waals surface area contributed by atoms with Crippen LogP contribution in [0.15, 0.2) is 17.3 Å². The van der Waals surface area contributed by atoms with Crippen molar-refractivity contribution in [1.82, 2.24) is 0 Å². The zero-order valence-corrected chi connectivity index (χ0v) is 13.5. The number of oxime groups is 1. The Bertz CT molecular complexity index is 628. The molecule has 0 atom stereocenters. The topological polar surface area (TPSA) is 131 Å². The monoisotopic (exact) mass is 340 g/mol. The van der Waals surface area contributed by atoms with Crippen LogP contribution in [0.2, 0.25) is 0 Å². The molecule has 0 amide bonds. The lowest BCUT2D eigenvalue weighted by Crippen LogP contribution is -2.20. The van der Waals surface area contributed by atoms with Gasteiger partial charge in [-0.25, -0.2) is 4.79 Å². The quantitative estimate of drug-likeness (QED) is 0.176. The molecule has 0 fully saturated rings. The second-order valence-corrected chi connectivity index (χ2v) is 4.94. The summed E-state index contributed by atoms with van der Waals surface area (Å²) in [6.07, 6.45) is 3.65. The molecule has 1 rings (SSSR count). The highest BCUT2D eigenvalue weighted by molar-refractivity contribution is 6.43. The number of aromatic hydroxyl groups is 2. The molecule has 0 aliphatic carbocycles. The van der Waals surface area contributed by atoms with Crippen molar-refractivity contribution in [3.63, 3.8) is 0 Å². The van der Waals surface area contributed by atoms with E-state index >= 15 is 0 Å². The van der Waals surface area contributed by atoms with Crippen LogP contribution >= 0.6 is 0 Å². The minimum absolute atomic E-state index is 0.0996. The third-order valence-electron chi connectivity index (χ3n) is 3.15. The first-order chi connectivity index (χ1) is 11.4. The molecule has 0 bridgehead atoms. The number of phenolic OH excluding ortho intramolecular Hbond substituents is 2. The molecule has 1 aromatic rings. The Labute approximate surface area is 138 Å². The first-order valence-electron chi connectivity index (χ1n) is 7.41. The van der Waals surface area contributed by atoms with E-state index in [1.807, 2.05) is 0 Å². The molecule has 0 saturated carbocycles. The molecule has 0 unspecified atom stereocenters. The molecular weight excluding hydrogens is 320 g/mol. The van der Waals surface area contributed by atoms with Crippen LogP contribution in [0.4, 0.5) is 5.69 Å². The Kier molecular flexibility index (Phi) is 7.47. The van der Waals surface area contributed by atoms with Crippen LogP contribution in [-0.2, 0) is 14.4 Å². The molecule has 9 nitrogen and oxygen atoms in total. The predicted octanol–water partition coefficient (Wildman–Crippen LogP) is 2.48. The fourth-order valence-electron chi connectivity index (χ4n) is 1.94. The molecule has 0 heterocycles. The number of rotatable bonds is 9. The third-order valence-corrected chi connectivity index (χ3v) is 3.15. The Balaban J connectivity index is 2.98. The molecule has 2 N–H and O–H groups in total. The number of esters is 1. The van der Waals surface area contributed by atoms with Crippen molar-refractivity contribution in [2.75, 3.05) is 13.7 Å². The number of nitrogens with zero attached hydrogens (tertiary/aromatic N) is 2. The molecule has 24 heavy (non-hydrogen) atoms. The molecule has 0 aliphatic rings. The van der Waals surface area contributed by atoms with E-state index in [1.54, 1.807) is 0 Å². The van der Waals surface area contributed by atoms with Gasteiger partial charge in [0.25, 0.3) is 0 Å². The summed E-state index contributed by atoms with van der Waals surface area (Å²) in [5, 5.41) is 33.5. The van der Waals surface area contributed by atoms with Gasteiger partial charge in [0.1, 0.15) is 7.11 Å². The van der Waals surface area contributed by atoms with E-state index in [0.717, 1.165) is 31.4 Å². The van der Waals surface area contributed by atoms with Gasteiger partial charge in [0.15, 0.2) is 11.5 Å². The maximum absolute atomic E-state index is 12.1. The summed E-state index contributed by atoms with van der Waals surface area (Å²) in [6.45, 7) is 2.23. The van der Waals surface area contributed by atoms with Gasteiger partial charge in [-0.2, -0.15) is 0 Å². The largest absolute Gasteiger partial charge is 0.504 e. The zero-order chi connectivity index (χ0) is 18.1. The summed E-state index contributed by atoms with van der Waals surface area (Å²) in [5.41, 5.74) is -1.20. The summed E-state index contributed by atoms with van der Waals surface area (Å²) < 4.78 is 5.06. The van der Waals surface area contributed by atoms with Crippen molar-refractivity contribution < 1.29 is 29.5 Å². The number of hydrogen-bond donors (Lipinski definition) is 2. The Morgan fingerprint density at radius 3 is 2.58 bits per heavy atom. The zero-order valence-electron chi connectivity index (χ0n) is 13.5. The number of phenols is 2. The smallest absolute Gasteiger partial charge is 0.361 e. The van der Waals surface area contributed by atoms with E-state index in [4.69, 9.17) is 4.74 Å². The van der Waals surface area contributed by atoms with Crippen molar-refractivity contribution in [1.29, 1.82) is 0 Å². The van der Waals surface area contributed by atoms with Crippen LogP contribution in [0.3, 0.4) is 0 Å². The average Bonchev–Trinajstić information content (AvgIpc) is 2.54. The Morgan fingerprint density at radius 1 is 1.29 bits per heavy atom. The van der Waals surface area contributed by atoms with Gasteiger partial charge in [-0.3, -0.25) is 10.1 Å². The number of carbonyl (C=O) groups is 1. The second-order valence-electron chi connectivity index (χ2n) is 4.94. The maximum atomic E-state index is 12.1. The van der Waals surface area contributed by atoms with E-state index in [0.29, 0.717) is 6.42 Å². The minimum Gasteiger partial charge on any atom is -0.504 e. The van der Waals surface area contributed by atoms with E-state index in [1.165, 1.54) is 7.11 Å². The van der Waals surface area contributed by atoms with Crippen LogP contribution in [0.5, 0.6) is 11.5 Å². The van der Waals surface area contributed by atoms with Gasteiger partial charge >= 0.3 is 11.7 Å². The summed E-state index contributed by atoms with van der Waals surface area (Å²) in [7, 11) is 1.20. The number of ether oxygens (including phenoxy) is 1. The van der Waals surface area contributed by atoms with Gasteiger partial charge in [0.2, 0.25) is 5.75 Å². The van der Waals surface area contributed by atoms with Gasteiger partial charge in [0, 0.05) is 11.6 Å². The van der Waals surface area contributed by atoms with Crippen molar-refractivity contribution in [2.24, 2.45) is 5.16 Å². The maximum Gasteiger partial charge on any atom is 0.361 e. The molecule has 1 aromatic carbocycles. The number of unbranched alkanes of at least 4 members (excludes halogenated alkanes) is 3. The van der Waals surface area contributed by atoms with Crippen LogP contribution < -0.4 is 0 Å². The van der Waals surface area contributed by atoms with Gasteiger partial charge in [-0.05, 0) is 12.5 Å². The second kappa shape index (κ2) is 9.33. The van der Waals surface area contributed by atoms with Crippen molar-refractivity contribution in [3.8, 4) is 11.5 Å². The summed E-state index contributed by atoms with van der Waals surface area (Å²) in [5.74, 6) is -2.49. The molecule has 0 saturated heterocycles. The number of nitro benzene ring substituents is 1. The minimum atomic E-state index is -0.895. The lowest BCUT2D eigenvalue weighted by Gasteiger charge is -2.08. The molecule has 9 heteroatoms. The van der Waals surface area contributed by atoms with Crippen molar-refractivity contribution in [3.05, 3.63) is 27.8 Å². The molecule has 0 spiro atoms. The van der Waals surface area contributed by atoms with Crippen LogP contribution in [0.1, 0.15) is 38.2 Å². The third kappa shape index (κ3) is 5.11. The van der Waals surface area contributed by atoms with Crippen LogP contribution in [-0.4, -0.2) is 40.5 Å². The summed E-state index contributed by atoms with van der Waals surface area (Å²) >= 11 is 0. The molecular formula is C15H20N2O7. The normalized spacial score (nSPS) is 11.2. The average molecular weight is 340 g/mol. The summed E-state index contributed by atoms with van der Waals surface area (Å²) in [6, 6.07) is 1.88. The number of benzene rings is 1. The van der Waals surface area contributed by atoms with E-state index in [2.05, 4.69) is 16.9 Å². The van der Waals surface area contributed by atoms with Crippen molar-refractivity contribution >= 4 is 17.4 Å². The highest BCUT2D eigenvalue weighted by Crippen LogP contribution is 2.36. The van der Waals surface area contributed by atoms with E-state index < -0.39 is 28.1 Å². The number of carbonyl (C=O) groups excluding carboxylic acids is 1. The highest BCUT2D eigenvalue weighted by atomic mass is 16.6. The van der Waals surface area contributed by atoms with Gasteiger partial charge in [-0.15, -0.1) is 0 Å². The SMILES string of the molecule is CCCCCCOC(=O)/C(=N\OC)c1cc(O)c(O)c([N+](=O)[O-])c1. The molecule has 132 valence electrons. The Hall–Kier alpha value is -2.84. The lowest BCUT2D eigenvalue weighted by atomic mass is 10.1. The van der Waals surface area contributed by atoms with Gasteiger partial charge < -0.3 is 19.8 Å². The van der Waals surface area contributed by atoms with E-state index in [-0.39, 0.29) is 17.9 Å². The number of nitro groups is 1. The molecule has 0 aromatic heterocycles. The van der Waals surface area contributed by atoms with Gasteiger partial charge in [-0.1, -0.05) is 31.3 Å². The fraction of sp³-hybridized carbons (Fsp3) is 0.467. The van der Waals surface area contributed by atoms with Gasteiger partial charge in [0.05, 0.1) is 11.5 Å². The standard InChI is InChI=1S/C15H20N2O7/c1-3-4-5-6-7-24-15(20)13(16-23-2)10-8-11(17(21)22)14(19)12(18)9-10/h8-9,18-19H,3-7H2,1-2H3/b16-13-. The predicted molar refractivity (Wildman–Crippen MR) is 85.1 cm³/mol. The first kappa shape index (κ1) is 19.2. The summed E-state index contributed by atoms with van der Waals surface area (Å²) in [4.78, 5) is 26.7. The Morgan fingerprint density at radius 2 is 2.00 bits per heavy atom. The first-order valence-corrected chi connectivity index (χ1v) is 7.41. The van der Waals surface area contributed by atoms with E-state index in [9.17, 15) is 25.1 Å².